The molecule has 0 spiro atoms. The molecule has 1 aromatic heterocycles. The standard InChI is InChI=1S/C8H12N4O/c9-2-1-6-5-11-12-4-3-10-8(13)7(6)12/h5H,1-4,9H2,(H,10,13). The highest BCUT2D eigenvalue weighted by molar-refractivity contribution is 5.94. The number of rotatable bonds is 2. The number of nitrogens with two attached hydrogens (primary N) is 1. The van der Waals surface area contributed by atoms with Gasteiger partial charge in [0.25, 0.3) is 5.91 Å². The zero-order valence-electron chi connectivity index (χ0n) is 7.29. The summed E-state index contributed by atoms with van der Waals surface area (Å²) in [4.78, 5) is 11.4. The molecule has 2 rings (SSSR count). The van der Waals surface area contributed by atoms with Gasteiger partial charge in [0.1, 0.15) is 5.69 Å². The molecule has 1 aliphatic rings. The van der Waals surface area contributed by atoms with Gasteiger partial charge in [0.2, 0.25) is 0 Å². The molecule has 0 atom stereocenters. The molecule has 0 aromatic carbocycles. The predicted molar refractivity (Wildman–Crippen MR) is 47.3 cm³/mol. The van der Waals surface area contributed by atoms with Gasteiger partial charge >= 0.3 is 0 Å². The molecule has 0 saturated heterocycles. The minimum Gasteiger partial charge on any atom is -0.349 e. The number of fused-ring (bicyclic) bond motifs is 1. The zero-order chi connectivity index (χ0) is 9.26. The van der Waals surface area contributed by atoms with Crippen LogP contribution < -0.4 is 11.1 Å². The lowest BCUT2D eigenvalue weighted by molar-refractivity contribution is 0.0923. The molecule has 1 amide bonds. The fourth-order valence-corrected chi connectivity index (χ4v) is 1.55. The van der Waals surface area contributed by atoms with Gasteiger partial charge in [0, 0.05) is 12.1 Å². The second kappa shape index (κ2) is 3.18. The highest BCUT2D eigenvalue weighted by atomic mass is 16.2. The summed E-state index contributed by atoms with van der Waals surface area (Å²) in [5.41, 5.74) is 7.05. The van der Waals surface area contributed by atoms with Crippen molar-refractivity contribution in [3.63, 3.8) is 0 Å². The number of amides is 1. The van der Waals surface area contributed by atoms with E-state index in [9.17, 15) is 4.79 Å². The van der Waals surface area contributed by atoms with E-state index in [1.807, 2.05) is 0 Å². The third-order valence-electron chi connectivity index (χ3n) is 2.15. The van der Waals surface area contributed by atoms with Crippen molar-refractivity contribution in [1.82, 2.24) is 15.1 Å². The minimum atomic E-state index is -0.0350. The van der Waals surface area contributed by atoms with Gasteiger partial charge in [-0.15, -0.1) is 0 Å². The highest BCUT2D eigenvalue weighted by Crippen LogP contribution is 2.11. The van der Waals surface area contributed by atoms with E-state index < -0.39 is 0 Å². The molecule has 0 aliphatic carbocycles. The molecule has 0 bridgehead atoms. The maximum Gasteiger partial charge on any atom is 0.269 e. The van der Waals surface area contributed by atoms with Crippen LogP contribution in [0, 0.1) is 0 Å². The monoisotopic (exact) mass is 180 g/mol. The van der Waals surface area contributed by atoms with Crippen LogP contribution in [-0.2, 0) is 13.0 Å². The summed E-state index contributed by atoms with van der Waals surface area (Å²) in [6.45, 7) is 1.97. The fourth-order valence-electron chi connectivity index (χ4n) is 1.55. The molecule has 5 nitrogen and oxygen atoms in total. The topological polar surface area (TPSA) is 72.9 Å². The van der Waals surface area contributed by atoms with Gasteiger partial charge in [-0.1, -0.05) is 0 Å². The smallest absolute Gasteiger partial charge is 0.269 e. The zero-order valence-corrected chi connectivity index (χ0v) is 7.29. The number of hydrogen-bond acceptors (Lipinski definition) is 3. The maximum atomic E-state index is 11.4. The van der Waals surface area contributed by atoms with E-state index in [0.29, 0.717) is 25.2 Å². The van der Waals surface area contributed by atoms with Crippen LogP contribution in [-0.4, -0.2) is 28.8 Å². The Hall–Kier alpha value is -1.36. The third-order valence-corrected chi connectivity index (χ3v) is 2.15. The van der Waals surface area contributed by atoms with E-state index >= 15 is 0 Å². The molecule has 1 aliphatic heterocycles. The Balaban J connectivity index is 2.38. The average Bonchev–Trinajstić information content (AvgIpc) is 2.51. The molecule has 0 unspecified atom stereocenters. The van der Waals surface area contributed by atoms with Crippen molar-refractivity contribution in [2.45, 2.75) is 13.0 Å². The Morgan fingerprint density at radius 1 is 1.69 bits per heavy atom. The van der Waals surface area contributed by atoms with Crippen molar-refractivity contribution in [1.29, 1.82) is 0 Å². The Kier molecular flexibility index (Phi) is 2.02. The van der Waals surface area contributed by atoms with E-state index in [1.165, 1.54) is 0 Å². The van der Waals surface area contributed by atoms with Crippen LogP contribution in [0.15, 0.2) is 6.20 Å². The lowest BCUT2D eigenvalue weighted by Crippen LogP contribution is -2.36. The molecule has 1 aromatic rings. The van der Waals surface area contributed by atoms with Gasteiger partial charge in [-0.25, -0.2) is 0 Å². The summed E-state index contributed by atoms with van der Waals surface area (Å²) in [5, 5.41) is 6.91. The van der Waals surface area contributed by atoms with Crippen molar-refractivity contribution < 1.29 is 4.79 Å². The fraction of sp³-hybridized carbons (Fsp3) is 0.500. The molecule has 0 saturated carbocycles. The molecule has 2 heterocycles. The van der Waals surface area contributed by atoms with Crippen LogP contribution in [0.5, 0.6) is 0 Å². The quantitative estimate of drug-likeness (QED) is 0.621. The number of hydrogen-bond donors (Lipinski definition) is 2. The summed E-state index contributed by atoms with van der Waals surface area (Å²) in [5.74, 6) is -0.0350. The second-order valence-electron chi connectivity index (χ2n) is 3.04. The molecule has 0 fully saturated rings. The predicted octanol–water partition coefficient (Wildman–Crippen LogP) is -0.872. The Morgan fingerprint density at radius 2 is 2.54 bits per heavy atom. The van der Waals surface area contributed by atoms with Crippen molar-refractivity contribution in [3.8, 4) is 0 Å². The van der Waals surface area contributed by atoms with Gasteiger partial charge in [-0.2, -0.15) is 5.10 Å². The summed E-state index contributed by atoms with van der Waals surface area (Å²) < 4.78 is 1.74. The van der Waals surface area contributed by atoms with Crippen molar-refractivity contribution in [2.24, 2.45) is 5.73 Å². The van der Waals surface area contributed by atoms with Crippen LogP contribution in [0.1, 0.15) is 16.1 Å². The largest absolute Gasteiger partial charge is 0.349 e. The van der Waals surface area contributed by atoms with E-state index in [-0.39, 0.29) is 5.91 Å². The number of aromatic nitrogens is 2. The first-order chi connectivity index (χ1) is 6.33. The first-order valence-electron chi connectivity index (χ1n) is 4.36. The van der Waals surface area contributed by atoms with Gasteiger partial charge in [0.15, 0.2) is 0 Å². The molecule has 3 N–H and O–H groups in total. The lowest BCUT2D eigenvalue weighted by atomic mass is 10.1. The second-order valence-corrected chi connectivity index (χ2v) is 3.04. The number of carbonyl (C=O) groups is 1. The molecule has 0 radical (unpaired) electrons. The molecule has 70 valence electrons. The first kappa shape index (κ1) is 8.25. The average molecular weight is 180 g/mol. The van der Waals surface area contributed by atoms with Gasteiger partial charge < -0.3 is 11.1 Å². The summed E-state index contributed by atoms with van der Waals surface area (Å²) in [6.07, 6.45) is 2.44. The maximum absolute atomic E-state index is 11.4. The number of nitrogens with zero attached hydrogens (tertiary/aromatic N) is 2. The first-order valence-corrected chi connectivity index (χ1v) is 4.36. The van der Waals surface area contributed by atoms with Crippen LogP contribution in [0.3, 0.4) is 0 Å². The van der Waals surface area contributed by atoms with Gasteiger partial charge in [0.05, 0.1) is 12.7 Å². The van der Waals surface area contributed by atoms with Gasteiger partial charge in [-0.3, -0.25) is 9.48 Å². The summed E-state index contributed by atoms with van der Waals surface area (Å²) in [7, 11) is 0. The highest BCUT2D eigenvalue weighted by Gasteiger charge is 2.20. The summed E-state index contributed by atoms with van der Waals surface area (Å²) >= 11 is 0. The van der Waals surface area contributed by atoms with Gasteiger partial charge in [-0.05, 0) is 13.0 Å². The van der Waals surface area contributed by atoms with Crippen LogP contribution in [0.4, 0.5) is 0 Å². The molecule has 5 heteroatoms. The molecular weight excluding hydrogens is 168 g/mol. The molecule has 13 heavy (non-hydrogen) atoms. The Bertz CT molecular complexity index is 331. The van der Waals surface area contributed by atoms with E-state index in [0.717, 1.165) is 12.1 Å². The van der Waals surface area contributed by atoms with Crippen molar-refractivity contribution >= 4 is 5.91 Å². The van der Waals surface area contributed by atoms with E-state index in [4.69, 9.17) is 5.73 Å². The van der Waals surface area contributed by atoms with Crippen molar-refractivity contribution in [3.05, 3.63) is 17.5 Å². The third kappa shape index (κ3) is 1.31. The normalized spacial score (nSPS) is 15.3. The lowest BCUT2D eigenvalue weighted by Gasteiger charge is -2.15. The van der Waals surface area contributed by atoms with E-state index in [1.54, 1.807) is 10.9 Å². The van der Waals surface area contributed by atoms with Crippen LogP contribution in [0.25, 0.3) is 0 Å². The SMILES string of the molecule is NCCc1cnn2c1C(=O)NCC2. The van der Waals surface area contributed by atoms with Crippen LogP contribution >= 0.6 is 0 Å². The molecular formula is C8H12N4O. The Morgan fingerprint density at radius 3 is 3.31 bits per heavy atom. The minimum absolute atomic E-state index is 0.0350. The van der Waals surface area contributed by atoms with Crippen molar-refractivity contribution in [2.75, 3.05) is 13.1 Å². The van der Waals surface area contributed by atoms with E-state index in [2.05, 4.69) is 10.4 Å². The van der Waals surface area contributed by atoms with Crippen LogP contribution in [0.2, 0.25) is 0 Å². The number of carbonyl (C=O) groups excluding carboxylic acids is 1. The number of nitrogens with one attached hydrogen (secondary N) is 1. The Labute approximate surface area is 75.9 Å². The summed E-state index contributed by atoms with van der Waals surface area (Å²) in [6, 6.07) is 0.